The zero-order valence-electron chi connectivity index (χ0n) is 15.5. The summed E-state index contributed by atoms with van der Waals surface area (Å²) >= 11 is 1.50. The number of carbonyl (C=O) groups excluding carboxylic acids is 2. The van der Waals surface area contributed by atoms with Crippen molar-refractivity contribution in [3.05, 3.63) is 58.3 Å². The number of ether oxygens (including phenoxy) is 1. The molecule has 0 unspecified atom stereocenters. The molecule has 0 spiro atoms. The zero-order chi connectivity index (χ0) is 20.3. The first-order valence-electron chi connectivity index (χ1n) is 8.81. The number of hydrogen-bond donors (Lipinski definition) is 1. The maximum Gasteiger partial charge on any atom is 0.317 e. The highest BCUT2D eigenvalue weighted by Crippen LogP contribution is 2.42. The Bertz CT molecular complexity index is 1010. The lowest BCUT2D eigenvalue weighted by atomic mass is 9.76. The largest absolute Gasteiger partial charge is 0.465 e. The molecule has 148 valence electrons. The fraction of sp³-hybridized carbons (Fsp3) is 0.300. The molecule has 8 heteroatoms. The summed E-state index contributed by atoms with van der Waals surface area (Å²) < 4.78 is 30.6. The molecule has 0 saturated carbocycles. The fourth-order valence-electron chi connectivity index (χ4n) is 3.35. The summed E-state index contributed by atoms with van der Waals surface area (Å²) in [6.45, 7) is 1.93. The van der Waals surface area contributed by atoms with Crippen molar-refractivity contribution in [1.29, 1.82) is 0 Å². The molecular formula is C20H21NO5S2. The number of carbonyl (C=O) groups is 2. The fourth-order valence-corrected chi connectivity index (χ4v) is 4.77. The van der Waals surface area contributed by atoms with Crippen molar-refractivity contribution in [2.75, 3.05) is 17.6 Å². The molecule has 0 aliphatic heterocycles. The van der Waals surface area contributed by atoms with Gasteiger partial charge in [0, 0.05) is 16.5 Å². The van der Waals surface area contributed by atoms with Crippen molar-refractivity contribution >= 4 is 44.4 Å². The Morgan fingerprint density at radius 3 is 2.71 bits per heavy atom. The van der Waals surface area contributed by atoms with Gasteiger partial charge in [-0.05, 0) is 54.1 Å². The standard InChI is InChI=1S/C20H21NO5S2/c1-3-26-20(23)19-16(18-8-5-9-27-18)11-14(12-17(19)22)13-6-4-7-15(10-13)21-28(2,24)25/h4-10,12,16,19,21H,3,11H2,1-2H3/t16-,19-/m1/s1. The molecule has 2 aromatic rings. The van der Waals surface area contributed by atoms with E-state index in [1.54, 1.807) is 25.1 Å². The van der Waals surface area contributed by atoms with Gasteiger partial charge in [-0.25, -0.2) is 8.42 Å². The van der Waals surface area contributed by atoms with Gasteiger partial charge in [0.05, 0.1) is 12.9 Å². The van der Waals surface area contributed by atoms with E-state index in [1.807, 2.05) is 23.6 Å². The number of hydrogen-bond acceptors (Lipinski definition) is 6. The Balaban J connectivity index is 1.97. The molecule has 0 amide bonds. The van der Waals surface area contributed by atoms with E-state index in [2.05, 4.69) is 4.72 Å². The summed E-state index contributed by atoms with van der Waals surface area (Å²) in [7, 11) is -3.40. The van der Waals surface area contributed by atoms with Crippen LogP contribution in [0.25, 0.3) is 5.57 Å². The smallest absolute Gasteiger partial charge is 0.317 e. The number of esters is 1. The van der Waals surface area contributed by atoms with Crippen molar-refractivity contribution < 1.29 is 22.7 Å². The third-order valence-electron chi connectivity index (χ3n) is 4.45. The topological polar surface area (TPSA) is 89.5 Å². The van der Waals surface area contributed by atoms with Gasteiger partial charge in [-0.3, -0.25) is 14.3 Å². The Labute approximate surface area is 168 Å². The van der Waals surface area contributed by atoms with Crippen LogP contribution in [0.15, 0.2) is 47.9 Å². The average molecular weight is 420 g/mol. The predicted octanol–water partition coefficient (Wildman–Crippen LogP) is 3.44. The van der Waals surface area contributed by atoms with Crippen LogP contribution in [0.1, 0.15) is 29.7 Å². The van der Waals surface area contributed by atoms with E-state index in [9.17, 15) is 18.0 Å². The van der Waals surface area contributed by atoms with Crippen molar-refractivity contribution in [3.63, 3.8) is 0 Å². The van der Waals surface area contributed by atoms with Crippen LogP contribution >= 0.6 is 11.3 Å². The van der Waals surface area contributed by atoms with E-state index in [-0.39, 0.29) is 18.3 Å². The highest BCUT2D eigenvalue weighted by Gasteiger charge is 2.40. The number of allylic oxidation sites excluding steroid dienone is 2. The van der Waals surface area contributed by atoms with E-state index in [1.165, 1.54) is 17.4 Å². The second-order valence-corrected chi connectivity index (χ2v) is 9.31. The maximum atomic E-state index is 12.8. The Hall–Kier alpha value is -2.45. The van der Waals surface area contributed by atoms with Crippen LogP contribution < -0.4 is 4.72 Å². The van der Waals surface area contributed by atoms with E-state index in [4.69, 9.17) is 4.74 Å². The summed E-state index contributed by atoms with van der Waals surface area (Å²) in [6, 6.07) is 10.7. The number of anilines is 1. The monoisotopic (exact) mass is 419 g/mol. The van der Waals surface area contributed by atoms with Crippen LogP contribution in [0.5, 0.6) is 0 Å². The van der Waals surface area contributed by atoms with Gasteiger partial charge >= 0.3 is 5.97 Å². The molecule has 0 fully saturated rings. The second kappa shape index (κ2) is 8.28. The molecule has 0 saturated heterocycles. The minimum atomic E-state index is -3.40. The minimum Gasteiger partial charge on any atom is -0.465 e. The van der Waals surface area contributed by atoms with Gasteiger partial charge in [-0.1, -0.05) is 18.2 Å². The highest BCUT2D eigenvalue weighted by atomic mass is 32.2. The third kappa shape index (κ3) is 4.69. The zero-order valence-corrected chi connectivity index (χ0v) is 17.2. The Morgan fingerprint density at radius 2 is 2.07 bits per heavy atom. The molecule has 1 N–H and O–H groups in total. The molecule has 0 bridgehead atoms. The number of thiophene rings is 1. The van der Waals surface area contributed by atoms with Crippen molar-refractivity contribution in [2.45, 2.75) is 19.3 Å². The molecule has 3 rings (SSSR count). The molecule has 6 nitrogen and oxygen atoms in total. The normalized spacial score (nSPS) is 19.8. The molecule has 1 aliphatic carbocycles. The van der Waals surface area contributed by atoms with Crippen molar-refractivity contribution in [2.24, 2.45) is 5.92 Å². The molecule has 1 aliphatic rings. The lowest BCUT2D eigenvalue weighted by molar-refractivity contribution is -0.151. The van der Waals surface area contributed by atoms with Gasteiger partial charge in [0.2, 0.25) is 10.0 Å². The SMILES string of the molecule is CCOC(=O)[C@H]1C(=O)C=C(c2cccc(NS(C)(=O)=O)c2)C[C@@H]1c1cccs1. The van der Waals surface area contributed by atoms with Gasteiger partial charge in [0.25, 0.3) is 0 Å². The Morgan fingerprint density at radius 1 is 1.29 bits per heavy atom. The Kier molecular flexibility index (Phi) is 6.00. The number of benzene rings is 1. The van der Waals surface area contributed by atoms with Crippen LogP contribution in [-0.2, 0) is 24.3 Å². The van der Waals surface area contributed by atoms with Crippen molar-refractivity contribution in [1.82, 2.24) is 0 Å². The first-order valence-corrected chi connectivity index (χ1v) is 11.6. The number of sulfonamides is 1. The molecule has 28 heavy (non-hydrogen) atoms. The second-order valence-electron chi connectivity index (χ2n) is 6.58. The summed E-state index contributed by atoms with van der Waals surface area (Å²) in [4.78, 5) is 26.2. The van der Waals surface area contributed by atoms with Crippen LogP contribution in [-0.4, -0.2) is 33.0 Å². The summed E-state index contributed by atoms with van der Waals surface area (Å²) in [6.07, 6.45) is 3.04. The van der Waals surface area contributed by atoms with Crippen LogP contribution in [0.2, 0.25) is 0 Å². The molecule has 1 aromatic carbocycles. The minimum absolute atomic E-state index is 0.218. The lowest BCUT2D eigenvalue weighted by Crippen LogP contribution is -2.33. The molecule has 1 aromatic heterocycles. The van der Waals surface area contributed by atoms with E-state index >= 15 is 0 Å². The average Bonchev–Trinajstić information content (AvgIpc) is 3.14. The van der Waals surface area contributed by atoms with Crippen LogP contribution in [0.4, 0.5) is 5.69 Å². The third-order valence-corrected chi connectivity index (χ3v) is 6.06. The molecule has 1 heterocycles. The van der Waals surface area contributed by atoms with Gasteiger partial charge in [-0.2, -0.15) is 0 Å². The quantitative estimate of drug-likeness (QED) is 0.572. The van der Waals surface area contributed by atoms with Gasteiger partial charge in [-0.15, -0.1) is 11.3 Å². The van der Waals surface area contributed by atoms with Crippen molar-refractivity contribution in [3.8, 4) is 0 Å². The van der Waals surface area contributed by atoms with Gasteiger partial charge < -0.3 is 4.74 Å². The first-order chi connectivity index (χ1) is 13.3. The first kappa shape index (κ1) is 20.3. The summed E-state index contributed by atoms with van der Waals surface area (Å²) in [5.41, 5.74) is 1.93. The lowest BCUT2D eigenvalue weighted by Gasteiger charge is -2.28. The summed E-state index contributed by atoms with van der Waals surface area (Å²) in [5.74, 6) is -1.97. The summed E-state index contributed by atoms with van der Waals surface area (Å²) in [5, 5.41) is 1.91. The highest BCUT2D eigenvalue weighted by molar-refractivity contribution is 7.92. The maximum absolute atomic E-state index is 12.8. The molecular weight excluding hydrogens is 398 g/mol. The van der Waals surface area contributed by atoms with Crippen LogP contribution in [0.3, 0.4) is 0 Å². The number of ketones is 1. The predicted molar refractivity (Wildman–Crippen MR) is 110 cm³/mol. The van der Waals surface area contributed by atoms with E-state index in [0.717, 1.165) is 22.3 Å². The van der Waals surface area contributed by atoms with Gasteiger partial charge in [0.15, 0.2) is 5.78 Å². The van der Waals surface area contributed by atoms with Gasteiger partial charge in [0.1, 0.15) is 5.92 Å². The number of nitrogens with one attached hydrogen (secondary N) is 1. The van der Waals surface area contributed by atoms with Crippen LogP contribution in [0, 0.1) is 5.92 Å². The van der Waals surface area contributed by atoms with E-state index in [0.29, 0.717) is 12.1 Å². The molecule has 0 radical (unpaired) electrons. The molecule has 2 atom stereocenters. The van der Waals surface area contributed by atoms with E-state index < -0.39 is 21.9 Å². The number of rotatable bonds is 6.